The van der Waals surface area contributed by atoms with Gasteiger partial charge in [0.1, 0.15) is 5.82 Å². The molecule has 0 radical (unpaired) electrons. The zero-order valence-electron chi connectivity index (χ0n) is 9.31. The van der Waals surface area contributed by atoms with E-state index in [0.717, 1.165) is 0 Å². The van der Waals surface area contributed by atoms with Gasteiger partial charge in [-0.05, 0) is 24.6 Å². The van der Waals surface area contributed by atoms with Gasteiger partial charge in [-0.2, -0.15) is 0 Å². The van der Waals surface area contributed by atoms with Crippen molar-refractivity contribution in [1.29, 1.82) is 0 Å². The van der Waals surface area contributed by atoms with Crippen molar-refractivity contribution in [1.82, 2.24) is 5.32 Å². The molecular weight excluding hydrogens is 243 g/mol. The molecule has 0 bridgehead atoms. The van der Waals surface area contributed by atoms with Gasteiger partial charge >= 0.3 is 0 Å². The first-order valence-corrected chi connectivity index (χ1v) is 5.33. The van der Waals surface area contributed by atoms with Crippen LogP contribution in [0, 0.1) is 24.6 Å². The van der Waals surface area contributed by atoms with E-state index >= 15 is 0 Å². The Morgan fingerprint density at radius 3 is 2.94 bits per heavy atom. The summed E-state index contributed by atoms with van der Waals surface area (Å²) in [4.78, 5) is 10.8. The Bertz CT molecular complexity index is 491. The molecule has 3 N–H and O–H groups in total. The number of carbonyl (C=O) groups is 1. The van der Waals surface area contributed by atoms with Gasteiger partial charge in [0.2, 0.25) is 5.91 Å². The number of halogens is 2. The fraction of sp³-hybridized carbons (Fsp3) is 0.250. The Labute approximate surface area is 104 Å². The molecule has 0 saturated heterocycles. The summed E-state index contributed by atoms with van der Waals surface area (Å²) in [5, 5.41) is 2.75. The van der Waals surface area contributed by atoms with Crippen molar-refractivity contribution >= 4 is 17.5 Å². The summed E-state index contributed by atoms with van der Waals surface area (Å²) in [5.41, 5.74) is 6.11. The Hall–Kier alpha value is -1.57. The van der Waals surface area contributed by atoms with Gasteiger partial charge < -0.3 is 11.1 Å². The normalized spacial score (nSPS) is 9.41. The first kappa shape index (κ1) is 13.5. The van der Waals surface area contributed by atoms with Crippen molar-refractivity contribution < 1.29 is 9.18 Å². The van der Waals surface area contributed by atoms with Gasteiger partial charge in [-0.25, -0.2) is 4.39 Å². The van der Waals surface area contributed by atoms with Crippen molar-refractivity contribution in [2.45, 2.75) is 6.92 Å². The summed E-state index contributed by atoms with van der Waals surface area (Å²) in [6, 6.07) is 2.79. The summed E-state index contributed by atoms with van der Waals surface area (Å²) in [6.45, 7) is 1.74. The number of nitrogens with one attached hydrogen (secondary N) is 1. The average molecular weight is 255 g/mol. The van der Waals surface area contributed by atoms with Crippen LogP contribution in [0.4, 0.5) is 4.39 Å². The highest BCUT2D eigenvalue weighted by molar-refractivity contribution is 6.31. The quantitative estimate of drug-likeness (QED) is 0.780. The lowest BCUT2D eigenvalue weighted by Gasteiger charge is -2.00. The molecule has 90 valence electrons. The van der Waals surface area contributed by atoms with Gasteiger partial charge in [-0.3, -0.25) is 4.79 Å². The molecule has 0 atom stereocenters. The van der Waals surface area contributed by atoms with Crippen LogP contribution in [0.5, 0.6) is 0 Å². The van der Waals surface area contributed by atoms with Crippen LogP contribution in [0.3, 0.4) is 0 Å². The minimum Gasteiger partial charge on any atom is -0.344 e. The van der Waals surface area contributed by atoms with Crippen molar-refractivity contribution in [3.8, 4) is 11.8 Å². The molecular formula is C12H12ClFN2O. The third-order valence-electron chi connectivity index (χ3n) is 2.03. The van der Waals surface area contributed by atoms with Gasteiger partial charge in [-0.15, -0.1) is 0 Å². The number of aryl methyl sites for hydroxylation is 1. The lowest BCUT2D eigenvalue weighted by Crippen LogP contribution is -2.30. The Kier molecular flexibility index (Phi) is 4.95. The molecule has 0 aliphatic heterocycles. The van der Waals surface area contributed by atoms with E-state index in [-0.39, 0.29) is 29.8 Å². The fourth-order valence-corrected chi connectivity index (χ4v) is 1.30. The minimum absolute atomic E-state index is 0.0713. The number of hydrogen-bond acceptors (Lipinski definition) is 2. The van der Waals surface area contributed by atoms with Crippen LogP contribution in [0.2, 0.25) is 5.02 Å². The zero-order valence-corrected chi connectivity index (χ0v) is 10.1. The van der Waals surface area contributed by atoms with Crippen LogP contribution in [0.15, 0.2) is 12.1 Å². The first-order valence-electron chi connectivity index (χ1n) is 4.96. The SMILES string of the molecule is Cc1cc(C#CCNC(=O)CN)c(Cl)cc1F. The molecule has 0 heterocycles. The van der Waals surface area contributed by atoms with Gasteiger partial charge in [-0.1, -0.05) is 23.4 Å². The maximum atomic E-state index is 13.1. The molecule has 1 amide bonds. The number of amides is 1. The summed E-state index contributed by atoms with van der Waals surface area (Å²) in [7, 11) is 0. The largest absolute Gasteiger partial charge is 0.344 e. The van der Waals surface area contributed by atoms with E-state index in [9.17, 15) is 9.18 Å². The molecule has 0 aromatic heterocycles. The third-order valence-corrected chi connectivity index (χ3v) is 2.34. The van der Waals surface area contributed by atoms with E-state index in [0.29, 0.717) is 11.1 Å². The molecule has 0 unspecified atom stereocenters. The predicted molar refractivity (Wildman–Crippen MR) is 65.1 cm³/mol. The molecule has 1 aromatic carbocycles. The first-order chi connectivity index (χ1) is 8.04. The zero-order chi connectivity index (χ0) is 12.8. The van der Waals surface area contributed by atoms with Gasteiger partial charge in [0.15, 0.2) is 0 Å². The molecule has 0 saturated carbocycles. The molecule has 0 aliphatic carbocycles. The molecule has 5 heteroatoms. The Morgan fingerprint density at radius 1 is 1.59 bits per heavy atom. The Balaban J connectivity index is 2.72. The second kappa shape index (κ2) is 6.24. The maximum absolute atomic E-state index is 13.1. The summed E-state index contributed by atoms with van der Waals surface area (Å²) in [5.74, 6) is 4.83. The summed E-state index contributed by atoms with van der Waals surface area (Å²) >= 11 is 5.82. The predicted octanol–water partition coefficient (Wildman–Crippen LogP) is 1.21. The molecule has 0 fully saturated rings. The number of benzene rings is 1. The van der Waals surface area contributed by atoms with Crippen molar-refractivity contribution in [3.63, 3.8) is 0 Å². The van der Waals surface area contributed by atoms with E-state index in [1.807, 2.05) is 0 Å². The lowest BCUT2D eigenvalue weighted by molar-refractivity contribution is -0.119. The highest BCUT2D eigenvalue weighted by atomic mass is 35.5. The number of hydrogen-bond donors (Lipinski definition) is 2. The second-order valence-electron chi connectivity index (χ2n) is 3.36. The molecule has 3 nitrogen and oxygen atoms in total. The molecule has 0 spiro atoms. The van der Waals surface area contributed by atoms with Crippen molar-refractivity contribution in [2.75, 3.05) is 13.1 Å². The highest BCUT2D eigenvalue weighted by Gasteiger charge is 2.03. The van der Waals surface area contributed by atoms with Crippen LogP contribution in [-0.2, 0) is 4.79 Å². The van der Waals surface area contributed by atoms with Crippen LogP contribution >= 0.6 is 11.6 Å². The smallest absolute Gasteiger partial charge is 0.234 e. The molecule has 17 heavy (non-hydrogen) atoms. The fourth-order valence-electron chi connectivity index (χ4n) is 1.11. The second-order valence-corrected chi connectivity index (χ2v) is 3.77. The monoisotopic (exact) mass is 254 g/mol. The standard InChI is InChI=1S/C12H12ClFN2O/c1-8-5-9(10(13)6-11(8)14)3-2-4-16-12(17)7-15/h5-6H,4,7,15H2,1H3,(H,16,17). The van der Waals surface area contributed by atoms with Crippen LogP contribution in [0.1, 0.15) is 11.1 Å². The number of rotatable bonds is 2. The van der Waals surface area contributed by atoms with E-state index < -0.39 is 0 Å². The maximum Gasteiger partial charge on any atom is 0.234 e. The topological polar surface area (TPSA) is 55.1 Å². The minimum atomic E-state index is -0.364. The van der Waals surface area contributed by atoms with Crippen LogP contribution in [-0.4, -0.2) is 19.0 Å². The van der Waals surface area contributed by atoms with E-state index in [1.54, 1.807) is 13.0 Å². The van der Waals surface area contributed by atoms with Gasteiger partial charge in [0.05, 0.1) is 18.1 Å². The van der Waals surface area contributed by atoms with E-state index in [4.69, 9.17) is 17.3 Å². The molecule has 0 aliphatic rings. The van der Waals surface area contributed by atoms with Crippen LogP contribution in [0.25, 0.3) is 0 Å². The molecule has 1 aromatic rings. The third kappa shape index (κ3) is 4.06. The van der Waals surface area contributed by atoms with E-state index in [2.05, 4.69) is 17.2 Å². The average Bonchev–Trinajstić information content (AvgIpc) is 2.30. The van der Waals surface area contributed by atoms with Gasteiger partial charge in [0, 0.05) is 5.56 Å². The number of nitrogens with two attached hydrogens (primary N) is 1. The van der Waals surface area contributed by atoms with Crippen molar-refractivity contribution in [3.05, 3.63) is 34.1 Å². The number of carbonyl (C=O) groups excluding carboxylic acids is 1. The van der Waals surface area contributed by atoms with Gasteiger partial charge in [0.25, 0.3) is 0 Å². The van der Waals surface area contributed by atoms with E-state index in [1.165, 1.54) is 6.07 Å². The highest BCUT2D eigenvalue weighted by Crippen LogP contribution is 2.19. The molecule has 1 rings (SSSR count). The Morgan fingerprint density at radius 2 is 2.29 bits per heavy atom. The summed E-state index contributed by atoms with van der Waals surface area (Å²) < 4.78 is 13.1. The van der Waals surface area contributed by atoms with Crippen molar-refractivity contribution in [2.24, 2.45) is 5.73 Å². The summed E-state index contributed by atoms with van der Waals surface area (Å²) in [6.07, 6.45) is 0. The van der Waals surface area contributed by atoms with Crippen LogP contribution < -0.4 is 11.1 Å². The lowest BCUT2D eigenvalue weighted by atomic mass is 10.1.